The molecule has 1 amide bonds. The average molecular weight is 224 g/mol. The maximum atomic E-state index is 11.9. The van der Waals surface area contributed by atoms with Crippen LogP contribution in [0.2, 0.25) is 0 Å². The molecule has 1 aromatic heterocycles. The van der Waals surface area contributed by atoms with Gasteiger partial charge in [0.1, 0.15) is 5.69 Å². The highest BCUT2D eigenvalue weighted by Gasteiger charge is 2.15. The normalized spacial score (nSPS) is 10.2. The van der Waals surface area contributed by atoms with Gasteiger partial charge in [-0.05, 0) is 19.1 Å². The zero-order valence-corrected chi connectivity index (χ0v) is 9.26. The maximum Gasteiger partial charge on any atom is 0.272 e. The van der Waals surface area contributed by atoms with Gasteiger partial charge >= 0.3 is 0 Å². The van der Waals surface area contributed by atoms with Crippen molar-refractivity contribution in [1.29, 1.82) is 0 Å². The van der Waals surface area contributed by atoms with E-state index in [-0.39, 0.29) is 32.2 Å². The molecule has 0 saturated heterocycles. The summed E-state index contributed by atoms with van der Waals surface area (Å²) in [4.78, 5) is 17.4. The average Bonchev–Trinajstić information content (AvgIpc) is 2.28. The Morgan fingerprint density at radius 3 is 2.44 bits per heavy atom. The molecule has 0 aromatic carbocycles. The molecule has 88 valence electrons. The fraction of sp³-hybridized carbons (Fsp3) is 0.455. The number of hydrogen-bond acceptors (Lipinski definition) is 4. The van der Waals surface area contributed by atoms with Gasteiger partial charge in [0.25, 0.3) is 5.91 Å². The minimum absolute atomic E-state index is 0.127. The number of aromatic nitrogens is 1. The molecular weight excluding hydrogens is 208 g/mol. The predicted molar refractivity (Wildman–Crippen MR) is 59.0 cm³/mol. The lowest BCUT2D eigenvalue weighted by Crippen LogP contribution is -2.36. The van der Waals surface area contributed by atoms with Crippen molar-refractivity contribution >= 4 is 5.91 Å². The number of carbonyl (C=O) groups is 1. The van der Waals surface area contributed by atoms with Crippen molar-refractivity contribution < 1.29 is 15.0 Å². The second-order valence-corrected chi connectivity index (χ2v) is 3.40. The van der Waals surface area contributed by atoms with Crippen LogP contribution in [0.5, 0.6) is 0 Å². The first-order valence-corrected chi connectivity index (χ1v) is 5.13. The van der Waals surface area contributed by atoms with Crippen LogP contribution in [0.4, 0.5) is 0 Å². The van der Waals surface area contributed by atoms with Crippen molar-refractivity contribution in [2.75, 3.05) is 26.3 Å². The van der Waals surface area contributed by atoms with E-state index in [4.69, 9.17) is 10.2 Å². The lowest BCUT2D eigenvalue weighted by Gasteiger charge is -2.20. The Balaban J connectivity index is 2.81. The minimum atomic E-state index is -0.271. The minimum Gasteiger partial charge on any atom is -0.395 e. The van der Waals surface area contributed by atoms with Gasteiger partial charge in [0.05, 0.1) is 13.2 Å². The van der Waals surface area contributed by atoms with Crippen LogP contribution in [0, 0.1) is 6.92 Å². The number of hydrogen-bond donors (Lipinski definition) is 2. The molecule has 0 aliphatic carbocycles. The number of rotatable bonds is 5. The Bertz CT molecular complexity index is 349. The number of amides is 1. The summed E-state index contributed by atoms with van der Waals surface area (Å²) in [6.07, 6.45) is 0. The number of aliphatic hydroxyl groups excluding tert-OH is 2. The second-order valence-electron chi connectivity index (χ2n) is 3.40. The lowest BCUT2D eigenvalue weighted by atomic mass is 10.3. The number of pyridine rings is 1. The maximum absolute atomic E-state index is 11.9. The van der Waals surface area contributed by atoms with Crippen LogP contribution in [0.15, 0.2) is 18.2 Å². The summed E-state index contributed by atoms with van der Waals surface area (Å²) in [5.41, 5.74) is 1.10. The van der Waals surface area contributed by atoms with E-state index >= 15 is 0 Å². The monoisotopic (exact) mass is 224 g/mol. The molecule has 1 heterocycles. The van der Waals surface area contributed by atoms with Crippen LogP contribution < -0.4 is 0 Å². The quantitative estimate of drug-likeness (QED) is 0.727. The van der Waals surface area contributed by atoms with Crippen LogP contribution in [0.1, 0.15) is 16.2 Å². The molecule has 0 aliphatic rings. The summed E-state index contributed by atoms with van der Waals surface area (Å²) in [5.74, 6) is -0.271. The molecule has 16 heavy (non-hydrogen) atoms. The third-order valence-corrected chi connectivity index (χ3v) is 2.13. The first-order valence-electron chi connectivity index (χ1n) is 5.13. The second kappa shape index (κ2) is 6.19. The van der Waals surface area contributed by atoms with Crippen molar-refractivity contribution in [3.8, 4) is 0 Å². The summed E-state index contributed by atoms with van der Waals surface area (Å²) < 4.78 is 0. The van der Waals surface area contributed by atoms with E-state index in [0.29, 0.717) is 5.69 Å². The van der Waals surface area contributed by atoms with Gasteiger partial charge in [-0.1, -0.05) is 6.07 Å². The summed E-state index contributed by atoms with van der Waals surface area (Å²) in [6, 6.07) is 5.18. The van der Waals surface area contributed by atoms with E-state index in [0.717, 1.165) is 5.69 Å². The lowest BCUT2D eigenvalue weighted by molar-refractivity contribution is 0.0679. The van der Waals surface area contributed by atoms with Gasteiger partial charge in [-0.3, -0.25) is 4.79 Å². The number of aryl methyl sites for hydroxylation is 1. The van der Waals surface area contributed by atoms with E-state index < -0.39 is 0 Å². The van der Waals surface area contributed by atoms with Gasteiger partial charge in [0.15, 0.2) is 0 Å². The van der Waals surface area contributed by atoms with Gasteiger partial charge in [0.2, 0.25) is 0 Å². The fourth-order valence-electron chi connectivity index (χ4n) is 1.38. The smallest absolute Gasteiger partial charge is 0.272 e. The van der Waals surface area contributed by atoms with Crippen LogP contribution in [-0.4, -0.2) is 52.3 Å². The first-order chi connectivity index (χ1) is 7.69. The molecule has 5 heteroatoms. The first kappa shape index (κ1) is 12.6. The molecule has 0 aliphatic heterocycles. The summed E-state index contributed by atoms with van der Waals surface area (Å²) in [5, 5.41) is 17.6. The molecule has 0 atom stereocenters. The molecule has 0 saturated carbocycles. The Morgan fingerprint density at radius 1 is 1.31 bits per heavy atom. The van der Waals surface area contributed by atoms with Gasteiger partial charge in [0, 0.05) is 18.8 Å². The number of carbonyl (C=O) groups excluding carboxylic acids is 1. The van der Waals surface area contributed by atoms with Crippen LogP contribution in [-0.2, 0) is 0 Å². The van der Waals surface area contributed by atoms with Crippen molar-refractivity contribution in [3.05, 3.63) is 29.6 Å². The van der Waals surface area contributed by atoms with Crippen molar-refractivity contribution in [1.82, 2.24) is 9.88 Å². The fourth-order valence-corrected chi connectivity index (χ4v) is 1.38. The van der Waals surface area contributed by atoms with Gasteiger partial charge in [-0.15, -0.1) is 0 Å². The molecule has 1 rings (SSSR count). The number of aliphatic hydroxyl groups is 2. The molecule has 2 N–H and O–H groups in total. The molecule has 0 fully saturated rings. The Hall–Kier alpha value is -1.46. The summed E-state index contributed by atoms with van der Waals surface area (Å²) in [7, 11) is 0. The molecular formula is C11H16N2O3. The largest absolute Gasteiger partial charge is 0.395 e. The zero-order chi connectivity index (χ0) is 12.0. The van der Waals surface area contributed by atoms with Gasteiger partial charge in [-0.2, -0.15) is 0 Å². The molecule has 0 unspecified atom stereocenters. The van der Waals surface area contributed by atoms with Gasteiger partial charge < -0.3 is 15.1 Å². The van der Waals surface area contributed by atoms with Crippen LogP contribution in [0.25, 0.3) is 0 Å². The summed E-state index contributed by atoms with van der Waals surface area (Å²) >= 11 is 0. The van der Waals surface area contributed by atoms with Crippen molar-refractivity contribution in [3.63, 3.8) is 0 Å². The highest BCUT2D eigenvalue weighted by Crippen LogP contribution is 2.03. The third-order valence-electron chi connectivity index (χ3n) is 2.13. The molecule has 5 nitrogen and oxygen atoms in total. The SMILES string of the molecule is Cc1cccc(C(=O)N(CCO)CCO)n1. The Labute approximate surface area is 94.4 Å². The molecule has 0 radical (unpaired) electrons. The standard InChI is InChI=1S/C11H16N2O3/c1-9-3-2-4-10(12-9)11(16)13(5-7-14)6-8-15/h2-4,14-15H,5-8H2,1H3. The van der Waals surface area contributed by atoms with E-state index in [2.05, 4.69) is 4.98 Å². The zero-order valence-electron chi connectivity index (χ0n) is 9.26. The van der Waals surface area contributed by atoms with Crippen molar-refractivity contribution in [2.24, 2.45) is 0 Å². The Morgan fingerprint density at radius 2 is 1.94 bits per heavy atom. The summed E-state index contributed by atoms with van der Waals surface area (Å²) in [6.45, 7) is 1.96. The predicted octanol–water partition coefficient (Wildman–Crippen LogP) is -0.183. The van der Waals surface area contributed by atoms with Crippen molar-refractivity contribution in [2.45, 2.75) is 6.92 Å². The molecule has 0 bridgehead atoms. The highest BCUT2D eigenvalue weighted by atomic mass is 16.3. The van der Waals surface area contributed by atoms with E-state index in [1.807, 2.05) is 0 Å². The number of nitrogens with zero attached hydrogens (tertiary/aromatic N) is 2. The Kier molecular flexibility index (Phi) is 4.88. The van der Waals surface area contributed by atoms with E-state index in [9.17, 15) is 4.79 Å². The van der Waals surface area contributed by atoms with Crippen LogP contribution in [0.3, 0.4) is 0 Å². The molecule has 0 spiro atoms. The topological polar surface area (TPSA) is 73.7 Å². The van der Waals surface area contributed by atoms with E-state index in [1.54, 1.807) is 25.1 Å². The third kappa shape index (κ3) is 3.29. The highest BCUT2D eigenvalue weighted by molar-refractivity contribution is 5.92. The van der Waals surface area contributed by atoms with Crippen LogP contribution >= 0.6 is 0 Å². The van der Waals surface area contributed by atoms with Gasteiger partial charge in [-0.25, -0.2) is 4.98 Å². The van der Waals surface area contributed by atoms with E-state index in [1.165, 1.54) is 4.90 Å². The molecule has 1 aromatic rings.